The van der Waals surface area contributed by atoms with Gasteiger partial charge in [-0.3, -0.25) is 14.4 Å². The highest BCUT2D eigenvalue weighted by atomic mass is 32.2. The number of carbonyl (C=O) groups is 4. The fourth-order valence-electron chi connectivity index (χ4n) is 3.57. The molecule has 0 saturated heterocycles. The molecule has 1 rings (SSSR count). The third-order valence-corrected chi connectivity index (χ3v) is 7.23. The molecule has 1 aromatic carbocycles. The highest BCUT2D eigenvalue weighted by Crippen LogP contribution is 2.14. The maximum absolute atomic E-state index is 13.3. The third kappa shape index (κ3) is 10.6. The van der Waals surface area contributed by atoms with Crippen LogP contribution in [0.25, 0.3) is 0 Å². The van der Waals surface area contributed by atoms with Gasteiger partial charge < -0.3 is 31.9 Å². The molecule has 1 aromatic rings. The fraction of sp³-hybridized carbons (Fsp3) is 0.615. The summed E-state index contributed by atoms with van der Waals surface area (Å²) in [5.41, 5.74) is 6.67. The molecule has 0 saturated carbocycles. The number of phenolic OH excluding ortho intramolecular Hbond substituents is 1. The van der Waals surface area contributed by atoms with E-state index in [4.69, 9.17) is 5.73 Å². The summed E-state index contributed by atoms with van der Waals surface area (Å²) in [5, 5.41) is 27.1. The molecule has 7 N–H and O–H groups in total. The molecule has 0 aromatic heterocycles. The molecule has 6 unspecified atom stereocenters. The summed E-state index contributed by atoms with van der Waals surface area (Å²) in [6, 6.07) is 2.14. The maximum Gasteiger partial charge on any atom is 0.326 e. The molecule has 37 heavy (non-hydrogen) atoms. The molecule has 0 fully saturated rings. The number of benzene rings is 1. The van der Waals surface area contributed by atoms with E-state index in [0.717, 1.165) is 0 Å². The molecular formula is C26H42N4O6S. The second kappa shape index (κ2) is 16.1. The first-order chi connectivity index (χ1) is 17.4. The number of aromatic hydroxyl groups is 1. The normalized spacial score (nSPS) is 15.9. The van der Waals surface area contributed by atoms with Crippen molar-refractivity contribution in [1.29, 1.82) is 0 Å². The van der Waals surface area contributed by atoms with E-state index in [1.54, 1.807) is 12.1 Å². The number of hydrogen-bond donors (Lipinski definition) is 6. The summed E-state index contributed by atoms with van der Waals surface area (Å²) >= 11 is 1.49. The van der Waals surface area contributed by atoms with Crippen molar-refractivity contribution in [2.45, 2.75) is 77.5 Å². The number of carboxylic acid groups (broad SMARTS) is 1. The standard InChI is InChI=1S/C26H42N4O6S/c1-6-15(3)21(27)24(33)30-22(16(4)7-2)25(34)28-19(12-13-37-5)23(32)29-20(26(35)36)14-17-8-10-18(31)11-9-17/h8-11,15-16,19-22,31H,6-7,12-14,27H2,1-5H3,(H,28,34)(H,29,32)(H,30,33)(H,35,36). The predicted octanol–water partition coefficient (Wildman–Crippen LogP) is 1.65. The van der Waals surface area contributed by atoms with Gasteiger partial charge in [-0.25, -0.2) is 4.79 Å². The summed E-state index contributed by atoms with van der Waals surface area (Å²) in [6.07, 6.45) is 3.45. The summed E-state index contributed by atoms with van der Waals surface area (Å²) in [6.45, 7) is 7.51. The number of carbonyl (C=O) groups excluding carboxylic acids is 3. The SMILES string of the molecule is CCC(C)C(N)C(=O)NC(C(=O)NC(CCSC)C(=O)NC(Cc1ccc(O)cc1)C(=O)O)C(C)CC. The minimum Gasteiger partial charge on any atom is -0.508 e. The molecule has 10 nitrogen and oxygen atoms in total. The monoisotopic (exact) mass is 538 g/mol. The zero-order valence-electron chi connectivity index (χ0n) is 22.3. The number of nitrogens with one attached hydrogen (secondary N) is 3. The molecule has 0 bridgehead atoms. The Hall–Kier alpha value is -2.79. The highest BCUT2D eigenvalue weighted by Gasteiger charge is 2.33. The van der Waals surface area contributed by atoms with Crippen LogP contribution in [0.2, 0.25) is 0 Å². The minimum absolute atomic E-state index is 0.00357. The van der Waals surface area contributed by atoms with Crippen LogP contribution in [0.1, 0.15) is 52.5 Å². The van der Waals surface area contributed by atoms with E-state index in [1.165, 1.54) is 23.9 Å². The van der Waals surface area contributed by atoms with Crippen molar-refractivity contribution >= 4 is 35.5 Å². The van der Waals surface area contributed by atoms with E-state index in [-0.39, 0.29) is 30.4 Å². The zero-order chi connectivity index (χ0) is 28.1. The van der Waals surface area contributed by atoms with Gasteiger partial charge in [-0.1, -0.05) is 52.7 Å². The third-order valence-electron chi connectivity index (χ3n) is 6.59. The van der Waals surface area contributed by atoms with Gasteiger partial charge in [-0.15, -0.1) is 0 Å². The van der Waals surface area contributed by atoms with Gasteiger partial charge in [0.15, 0.2) is 0 Å². The number of thioether (sulfide) groups is 1. The Morgan fingerprint density at radius 2 is 1.46 bits per heavy atom. The number of rotatable bonds is 16. The van der Waals surface area contributed by atoms with Crippen LogP contribution in [0.15, 0.2) is 24.3 Å². The Balaban J connectivity index is 3.03. The minimum atomic E-state index is -1.23. The Bertz CT molecular complexity index is 898. The van der Waals surface area contributed by atoms with Crippen LogP contribution < -0.4 is 21.7 Å². The van der Waals surface area contributed by atoms with Crippen LogP contribution in [0.3, 0.4) is 0 Å². The highest BCUT2D eigenvalue weighted by molar-refractivity contribution is 7.98. The lowest BCUT2D eigenvalue weighted by Crippen LogP contribution is -2.59. The second-order valence-corrected chi connectivity index (χ2v) is 10.4. The molecule has 0 spiro atoms. The quantitative estimate of drug-likeness (QED) is 0.184. The van der Waals surface area contributed by atoms with Crippen LogP contribution in [-0.2, 0) is 25.6 Å². The lowest BCUT2D eigenvalue weighted by molar-refractivity contribution is -0.142. The van der Waals surface area contributed by atoms with Gasteiger partial charge in [0.05, 0.1) is 6.04 Å². The molecular weight excluding hydrogens is 496 g/mol. The maximum atomic E-state index is 13.3. The van der Waals surface area contributed by atoms with Crippen molar-refractivity contribution in [3.63, 3.8) is 0 Å². The van der Waals surface area contributed by atoms with E-state index in [9.17, 15) is 29.4 Å². The number of nitrogens with two attached hydrogens (primary N) is 1. The average molecular weight is 539 g/mol. The summed E-state index contributed by atoms with van der Waals surface area (Å²) in [7, 11) is 0. The molecule has 0 aliphatic heterocycles. The molecule has 0 heterocycles. The van der Waals surface area contributed by atoms with Crippen molar-refractivity contribution in [3.8, 4) is 5.75 Å². The molecule has 0 radical (unpaired) electrons. The first kappa shape index (κ1) is 32.2. The van der Waals surface area contributed by atoms with E-state index >= 15 is 0 Å². The van der Waals surface area contributed by atoms with E-state index in [0.29, 0.717) is 24.2 Å². The number of carboxylic acids is 1. The number of aliphatic carboxylic acids is 1. The lowest BCUT2D eigenvalue weighted by Gasteiger charge is -2.28. The Morgan fingerprint density at radius 3 is 1.97 bits per heavy atom. The van der Waals surface area contributed by atoms with Crippen LogP contribution in [-0.4, -0.2) is 70.1 Å². The summed E-state index contributed by atoms with van der Waals surface area (Å²) in [4.78, 5) is 50.9. The largest absolute Gasteiger partial charge is 0.508 e. The smallest absolute Gasteiger partial charge is 0.326 e. The number of amides is 3. The topological polar surface area (TPSA) is 171 Å². The lowest BCUT2D eigenvalue weighted by atomic mass is 9.95. The Morgan fingerprint density at radius 1 is 0.892 bits per heavy atom. The van der Waals surface area contributed by atoms with Gasteiger partial charge in [0.1, 0.15) is 23.9 Å². The van der Waals surface area contributed by atoms with Gasteiger partial charge in [-0.05, 0) is 48.0 Å². The average Bonchev–Trinajstić information content (AvgIpc) is 2.88. The zero-order valence-corrected chi connectivity index (χ0v) is 23.1. The first-order valence-electron chi connectivity index (χ1n) is 12.6. The van der Waals surface area contributed by atoms with Crippen molar-refractivity contribution in [3.05, 3.63) is 29.8 Å². The van der Waals surface area contributed by atoms with Crippen LogP contribution in [0.5, 0.6) is 5.75 Å². The van der Waals surface area contributed by atoms with Crippen molar-refractivity contribution < 1.29 is 29.4 Å². The van der Waals surface area contributed by atoms with Gasteiger partial charge >= 0.3 is 5.97 Å². The number of hydrogen-bond acceptors (Lipinski definition) is 7. The molecule has 0 aliphatic rings. The van der Waals surface area contributed by atoms with Gasteiger partial charge in [0.2, 0.25) is 17.7 Å². The van der Waals surface area contributed by atoms with Crippen molar-refractivity contribution in [2.75, 3.05) is 12.0 Å². The number of phenols is 1. The molecule has 0 aliphatic carbocycles. The summed E-state index contributed by atoms with van der Waals surface area (Å²) in [5.74, 6) is -2.49. The molecule has 208 valence electrons. The van der Waals surface area contributed by atoms with E-state index < -0.39 is 47.9 Å². The molecule has 6 atom stereocenters. The van der Waals surface area contributed by atoms with E-state index in [2.05, 4.69) is 16.0 Å². The van der Waals surface area contributed by atoms with E-state index in [1.807, 2.05) is 34.0 Å². The molecule has 3 amide bonds. The van der Waals surface area contributed by atoms with Gasteiger partial charge in [0, 0.05) is 6.42 Å². The summed E-state index contributed by atoms with van der Waals surface area (Å²) < 4.78 is 0. The Kier molecular flexibility index (Phi) is 14.1. The van der Waals surface area contributed by atoms with Gasteiger partial charge in [0.25, 0.3) is 0 Å². The second-order valence-electron chi connectivity index (χ2n) is 9.40. The van der Waals surface area contributed by atoms with Crippen LogP contribution in [0, 0.1) is 11.8 Å². The van der Waals surface area contributed by atoms with Crippen LogP contribution >= 0.6 is 11.8 Å². The van der Waals surface area contributed by atoms with Crippen molar-refractivity contribution in [2.24, 2.45) is 17.6 Å². The van der Waals surface area contributed by atoms with Gasteiger partial charge in [-0.2, -0.15) is 11.8 Å². The first-order valence-corrected chi connectivity index (χ1v) is 14.0. The van der Waals surface area contributed by atoms with Crippen LogP contribution in [0.4, 0.5) is 0 Å². The fourth-order valence-corrected chi connectivity index (χ4v) is 4.04. The Labute approximate surface area is 223 Å². The predicted molar refractivity (Wildman–Crippen MR) is 145 cm³/mol. The van der Waals surface area contributed by atoms with Crippen molar-refractivity contribution in [1.82, 2.24) is 16.0 Å². The molecule has 11 heteroatoms.